The predicted octanol–water partition coefficient (Wildman–Crippen LogP) is 1.83. The Morgan fingerprint density at radius 1 is 1.46 bits per heavy atom. The fourth-order valence-corrected chi connectivity index (χ4v) is 1.32. The Bertz CT molecular complexity index is 176. The molecule has 1 N–H and O–H groups in total. The Hall–Kier alpha value is -0.570. The molecule has 0 rings (SSSR count). The molecule has 0 saturated heterocycles. The fraction of sp³-hybridized carbons (Fsp3) is 0.900. The van der Waals surface area contributed by atoms with Crippen LogP contribution in [0.25, 0.3) is 0 Å². The zero-order valence-corrected chi connectivity index (χ0v) is 9.29. The maximum Gasteiger partial charge on any atom is 0.303 e. The van der Waals surface area contributed by atoms with Crippen molar-refractivity contribution in [2.45, 2.75) is 40.2 Å². The molecule has 3 heteroatoms. The summed E-state index contributed by atoms with van der Waals surface area (Å²) in [6.45, 7) is 9.00. The maximum absolute atomic E-state index is 10.5. The van der Waals surface area contributed by atoms with Gasteiger partial charge >= 0.3 is 5.97 Å². The molecule has 13 heavy (non-hydrogen) atoms. The topological polar surface area (TPSA) is 40.5 Å². The van der Waals surface area contributed by atoms with Crippen molar-refractivity contribution < 1.29 is 9.90 Å². The van der Waals surface area contributed by atoms with Gasteiger partial charge < -0.3 is 10.0 Å². The third-order valence-electron chi connectivity index (χ3n) is 2.19. The smallest absolute Gasteiger partial charge is 0.303 e. The molecular formula is C10H21NO2. The van der Waals surface area contributed by atoms with Crippen molar-refractivity contribution in [3.05, 3.63) is 0 Å². The van der Waals surface area contributed by atoms with Crippen LogP contribution in [0.2, 0.25) is 0 Å². The Morgan fingerprint density at radius 2 is 1.92 bits per heavy atom. The molecule has 0 fully saturated rings. The third-order valence-corrected chi connectivity index (χ3v) is 2.19. The van der Waals surface area contributed by atoms with Crippen LogP contribution in [0.4, 0.5) is 0 Å². The zero-order valence-electron chi connectivity index (χ0n) is 9.29. The van der Waals surface area contributed by atoms with Crippen LogP contribution in [-0.2, 0) is 4.79 Å². The monoisotopic (exact) mass is 187 g/mol. The number of aliphatic carboxylic acids is 1. The van der Waals surface area contributed by atoms with Crippen molar-refractivity contribution in [2.24, 2.45) is 5.41 Å². The van der Waals surface area contributed by atoms with E-state index in [9.17, 15) is 4.79 Å². The number of carboxylic acids is 1. The summed E-state index contributed by atoms with van der Waals surface area (Å²) in [7, 11) is 2.02. The van der Waals surface area contributed by atoms with Crippen molar-refractivity contribution >= 4 is 5.97 Å². The van der Waals surface area contributed by atoms with Crippen LogP contribution in [0.15, 0.2) is 0 Å². The van der Waals surface area contributed by atoms with Gasteiger partial charge in [0.2, 0.25) is 0 Å². The number of hydrogen-bond donors (Lipinski definition) is 1. The summed E-state index contributed by atoms with van der Waals surface area (Å²) in [6, 6.07) is 0.466. The second-order valence-electron chi connectivity index (χ2n) is 4.74. The molecule has 0 atom stereocenters. The van der Waals surface area contributed by atoms with E-state index in [-0.39, 0.29) is 11.8 Å². The van der Waals surface area contributed by atoms with Gasteiger partial charge in [-0.1, -0.05) is 13.8 Å². The minimum atomic E-state index is -0.720. The third kappa shape index (κ3) is 5.64. The van der Waals surface area contributed by atoms with Gasteiger partial charge in [-0.05, 0) is 26.3 Å². The molecule has 0 amide bonds. The van der Waals surface area contributed by atoms with Crippen molar-refractivity contribution in [3.63, 3.8) is 0 Å². The summed E-state index contributed by atoms with van der Waals surface area (Å²) in [5.74, 6) is -0.720. The molecule has 0 bridgehead atoms. The highest BCUT2D eigenvalue weighted by Crippen LogP contribution is 2.21. The number of carboxylic acid groups (broad SMARTS) is 1. The molecule has 0 aromatic carbocycles. The lowest BCUT2D eigenvalue weighted by Gasteiger charge is -2.31. The van der Waals surface area contributed by atoms with Crippen LogP contribution in [0.5, 0.6) is 0 Å². The largest absolute Gasteiger partial charge is 0.481 e. The van der Waals surface area contributed by atoms with E-state index in [4.69, 9.17) is 5.11 Å². The molecule has 0 aliphatic carbocycles. The predicted molar refractivity (Wildman–Crippen MR) is 53.8 cm³/mol. The first kappa shape index (κ1) is 12.4. The molecule has 0 heterocycles. The van der Waals surface area contributed by atoms with Gasteiger partial charge in [-0.15, -0.1) is 0 Å². The lowest BCUT2D eigenvalue weighted by Crippen LogP contribution is -2.37. The summed E-state index contributed by atoms with van der Waals surface area (Å²) in [4.78, 5) is 12.7. The average molecular weight is 187 g/mol. The molecule has 0 aliphatic rings. The van der Waals surface area contributed by atoms with Crippen molar-refractivity contribution in [2.75, 3.05) is 13.6 Å². The minimum absolute atomic E-state index is 0.148. The molecule has 0 aromatic rings. The first-order chi connectivity index (χ1) is 5.74. The molecule has 3 nitrogen and oxygen atoms in total. The summed E-state index contributed by atoms with van der Waals surface area (Å²) < 4.78 is 0. The van der Waals surface area contributed by atoms with Gasteiger partial charge in [-0.3, -0.25) is 4.79 Å². The van der Waals surface area contributed by atoms with E-state index in [1.54, 1.807) is 0 Å². The molecule has 0 aromatic heterocycles. The van der Waals surface area contributed by atoms with Gasteiger partial charge in [0.1, 0.15) is 0 Å². The van der Waals surface area contributed by atoms with E-state index in [1.807, 2.05) is 20.9 Å². The Kier molecular flexibility index (Phi) is 4.40. The highest BCUT2D eigenvalue weighted by Gasteiger charge is 2.24. The van der Waals surface area contributed by atoms with Crippen molar-refractivity contribution in [1.82, 2.24) is 4.90 Å². The molecular weight excluding hydrogens is 166 g/mol. The van der Waals surface area contributed by atoms with Crippen molar-refractivity contribution in [1.29, 1.82) is 0 Å². The van der Waals surface area contributed by atoms with E-state index in [0.29, 0.717) is 6.04 Å². The van der Waals surface area contributed by atoms with Gasteiger partial charge in [-0.2, -0.15) is 0 Å². The summed E-state index contributed by atoms with van der Waals surface area (Å²) in [6.07, 6.45) is 0.226. The maximum atomic E-state index is 10.5. The summed E-state index contributed by atoms with van der Waals surface area (Å²) >= 11 is 0. The van der Waals surface area contributed by atoms with E-state index in [0.717, 1.165) is 6.54 Å². The standard InChI is InChI=1S/C10H21NO2/c1-8(2)11(5)7-10(3,4)6-9(12)13/h8H,6-7H2,1-5H3,(H,12,13). The quantitative estimate of drug-likeness (QED) is 0.713. The number of nitrogens with zero attached hydrogens (tertiary/aromatic N) is 1. The fourth-order valence-electron chi connectivity index (χ4n) is 1.32. The zero-order chi connectivity index (χ0) is 10.6. The van der Waals surface area contributed by atoms with Gasteiger partial charge in [-0.25, -0.2) is 0 Å². The molecule has 0 radical (unpaired) electrons. The van der Waals surface area contributed by atoms with Crippen LogP contribution >= 0.6 is 0 Å². The first-order valence-electron chi connectivity index (χ1n) is 4.66. The Balaban J connectivity index is 4.08. The molecule has 78 valence electrons. The SMILES string of the molecule is CC(C)N(C)CC(C)(C)CC(=O)O. The average Bonchev–Trinajstić information content (AvgIpc) is 1.81. The molecule has 0 unspecified atom stereocenters. The van der Waals surface area contributed by atoms with Crippen molar-refractivity contribution in [3.8, 4) is 0 Å². The Morgan fingerprint density at radius 3 is 2.23 bits per heavy atom. The lowest BCUT2D eigenvalue weighted by atomic mass is 9.88. The molecule has 0 aliphatic heterocycles. The van der Waals surface area contributed by atoms with E-state index in [1.165, 1.54) is 0 Å². The van der Waals surface area contributed by atoms with Gasteiger partial charge in [0, 0.05) is 12.6 Å². The number of carbonyl (C=O) groups is 1. The van der Waals surface area contributed by atoms with E-state index >= 15 is 0 Å². The van der Waals surface area contributed by atoms with Gasteiger partial charge in [0.05, 0.1) is 6.42 Å². The number of rotatable bonds is 5. The molecule has 0 saturated carbocycles. The van der Waals surface area contributed by atoms with Crippen LogP contribution in [-0.4, -0.2) is 35.6 Å². The van der Waals surface area contributed by atoms with Gasteiger partial charge in [0.15, 0.2) is 0 Å². The summed E-state index contributed by atoms with van der Waals surface area (Å²) in [5.41, 5.74) is -0.148. The Labute approximate surface area is 80.7 Å². The highest BCUT2D eigenvalue weighted by molar-refractivity contribution is 5.67. The number of hydrogen-bond acceptors (Lipinski definition) is 2. The molecule has 0 spiro atoms. The second kappa shape index (κ2) is 4.61. The van der Waals surface area contributed by atoms with Crippen LogP contribution < -0.4 is 0 Å². The van der Waals surface area contributed by atoms with E-state index < -0.39 is 5.97 Å². The normalized spacial score (nSPS) is 12.5. The van der Waals surface area contributed by atoms with Gasteiger partial charge in [0.25, 0.3) is 0 Å². The highest BCUT2D eigenvalue weighted by atomic mass is 16.4. The first-order valence-corrected chi connectivity index (χ1v) is 4.66. The van der Waals surface area contributed by atoms with Crippen LogP contribution in [0.1, 0.15) is 34.1 Å². The van der Waals surface area contributed by atoms with Crippen LogP contribution in [0.3, 0.4) is 0 Å². The van der Waals surface area contributed by atoms with E-state index in [2.05, 4.69) is 18.7 Å². The minimum Gasteiger partial charge on any atom is -0.481 e. The second-order valence-corrected chi connectivity index (χ2v) is 4.74. The van der Waals surface area contributed by atoms with Crippen LogP contribution in [0, 0.1) is 5.41 Å². The summed E-state index contributed by atoms with van der Waals surface area (Å²) in [5, 5.41) is 8.68. The lowest BCUT2D eigenvalue weighted by molar-refractivity contribution is -0.139.